The third-order valence-corrected chi connectivity index (χ3v) is 4.07. The van der Waals surface area contributed by atoms with E-state index in [4.69, 9.17) is 9.52 Å². The van der Waals surface area contributed by atoms with Gasteiger partial charge in [-0.1, -0.05) is 0 Å². The van der Waals surface area contributed by atoms with Crippen LogP contribution < -0.4 is 5.32 Å². The molecule has 1 amide bonds. The molecule has 1 aromatic heterocycles. The number of hydrogen-bond donors (Lipinski definition) is 2. The van der Waals surface area contributed by atoms with Crippen LogP contribution in [0.15, 0.2) is 65.1 Å². The number of rotatable bonds is 4. The van der Waals surface area contributed by atoms with Gasteiger partial charge in [0.1, 0.15) is 18.1 Å². The molecule has 0 bridgehead atoms. The lowest BCUT2D eigenvalue weighted by molar-refractivity contribution is 0.102. The van der Waals surface area contributed by atoms with Gasteiger partial charge >= 0.3 is 0 Å². The number of carbonyl (C=O) groups is 1. The summed E-state index contributed by atoms with van der Waals surface area (Å²) in [6.45, 7) is -0.121. The number of amides is 1. The van der Waals surface area contributed by atoms with E-state index in [9.17, 15) is 4.79 Å². The van der Waals surface area contributed by atoms with Crippen molar-refractivity contribution in [3.63, 3.8) is 0 Å². The highest BCUT2D eigenvalue weighted by Gasteiger charge is 2.07. The summed E-state index contributed by atoms with van der Waals surface area (Å²) >= 11 is 2.20. The molecular formula is C18H14INO3. The maximum Gasteiger partial charge on any atom is 0.255 e. The molecule has 0 spiro atoms. The number of aliphatic hydroxyl groups excluding tert-OH is 1. The van der Waals surface area contributed by atoms with Gasteiger partial charge in [0, 0.05) is 20.4 Å². The van der Waals surface area contributed by atoms with Gasteiger partial charge in [0.15, 0.2) is 0 Å². The molecule has 3 aromatic rings. The van der Waals surface area contributed by atoms with Gasteiger partial charge in [-0.05, 0) is 83.3 Å². The summed E-state index contributed by atoms with van der Waals surface area (Å²) in [7, 11) is 0. The molecule has 0 aliphatic heterocycles. The molecule has 4 nitrogen and oxygen atoms in total. The molecule has 0 saturated heterocycles. The second-order valence-corrected chi connectivity index (χ2v) is 6.21. The minimum Gasteiger partial charge on any atom is -0.459 e. The zero-order valence-corrected chi connectivity index (χ0v) is 14.3. The molecule has 23 heavy (non-hydrogen) atoms. The molecule has 2 aromatic carbocycles. The molecule has 0 unspecified atom stereocenters. The zero-order valence-electron chi connectivity index (χ0n) is 12.1. The first kappa shape index (κ1) is 15.8. The van der Waals surface area contributed by atoms with Crippen LogP contribution in [0.4, 0.5) is 5.69 Å². The predicted molar refractivity (Wildman–Crippen MR) is 97.2 cm³/mol. The van der Waals surface area contributed by atoms with Gasteiger partial charge in [-0.15, -0.1) is 0 Å². The van der Waals surface area contributed by atoms with Crippen molar-refractivity contribution in [2.24, 2.45) is 0 Å². The lowest BCUT2D eigenvalue weighted by atomic mass is 10.1. The summed E-state index contributed by atoms with van der Waals surface area (Å²) in [5.74, 6) is 1.07. The molecule has 0 saturated carbocycles. The fraction of sp³-hybridized carbons (Fsp3) is 0.0556. The smallest absolute Gasteiger partial charge is 0.255 e. The lowest BCUT2D eigenvalue weighted by Crippen LogP contribution is -2.11. The molecule has 1 heterocycles. The van der Waals surface area contributed by atoms with Crippen molar-refractivity contribution in [2.45, 2.75) is 6.61 Å². The SMILES string of the molecule is O=C(Nc1ccc(-c2ccc(CO)o2)cc1)c1ccc(I)cc1. The number of furan rings is 1. The van der Waals surface area contributed by atoms with Crippen LogP contribution in [-0.2, 0) is 6.61 Å². The summed E-state index contributed by atoms with van der Waals surface area (Å²) < 4.78 is 6.57. The van der Waals surface area contributed by atoms with Crippen LogP contribution in [-0.4, -0.2) is 11.0 Å². The first-order chi connectivity index (χ1) is 11.2. The van der Waals surface area contributed by atoms with E-state index in [1.807, 2.05) is 42.5 Å². The Morgan fingerprint density at radius 2 is 1.70 bits per heavy atom. The van der Waals surface area contributed by atoms with Gasteiger partial charge < -0.3 is 14.8 Å². The van der Waals surface area contributed by atoms with Crippen molar-refractivity contribution in [2.75, 3.05) is 5.32 Å². The van der Waals surface area contributed by atoms with Gasteiger partial charge in [-0.25, -0.2) is 0 Å². The van der Waals surface area contributed by atoms with E-state index in [1.165, 1.54) is 0 Å². The van der Waals surface area contributed by atoms with Crippen molar-refractivity contribution < 1.29 is 14.3 Å². The minimum absolute atomic E-state index is 0.121. The number of aliphatic hydroxyl groups is 1. The first-order valence-corrected chi connectivity index (χ1v) is 8.10. The Bertz CT molecular complexity index is 807. The quantitative estimate of drug-likeness (QED) is 0.621. The first-order valence-electron chi connectivity index (χ1n) is 7.02. The highest BCUT2D eigenvalue weighted by molar-refractivity contribution is 14.1. The summed E-state index contributed by atoms with van der Waals surface area (Å²) in [5.41, 5.74) is 2.22. The average Bonchev–Trinajstić information content (AvgIpc) is 3.05. The Labute approximate surface area is 147 Å². The average molecular weight is 419 g/mol. The predicted octanol–water partition coefficient (Wildman–Crippen LogP) is 4.30. The summed E-state index contributed by atoms with van der Waals surface area (Å²) in [6.07, 6.45) is 0. The maximum atomic E-state index is 12.2. The lowest BCUT2D eigenvalue weighted by Gasteiger charge is -2.06. The van der Waals surface area contributed by atoms with Crippen LogP contribution in [0.1, 0.15) is 16.1 Å². The molecule has 2 N–H and O–H groups in total. The number of halogens is 1. The largest absolute Gasteiger partial charge is 0.459 e. The molecule has 0 atom stereocenters. The van der Waals surface area contributed by atoms with Crippen molar-refractivity contribution in [3.05, 3.63) is 75.6 Å². The van der Waals surface area contributed by atoms with E-state index in [0.29, 0.717) is 22.8 Å². The van der Waals surface area contributed by atoms with Crippen LogP contribution in [0.3, 0.4) is 0 Å². The van der Waals surface area contributed by atoms with Gasteiger partial charge in [-0.3, -0.25) is 4.79 Å². The topological polar surface area (TPSA) is 62.5 Å². The summed E-state index contributed by atoms with van der Waals surface area (Å²) in [6, 6.07) is 18.3. The van der Waals surface area contributed by atoms with Crippen LogP contribution in [0, 0.1) is 3.57 Å². The number of nitrogens with one attached hydrogen (secondary N) is 1. The molecule has 116 valence electrons. The monoisotopic (exact) mass is 419 g/mol. The molecule has 0 aliphatic carbocycles. The van der Waals surface area contributed by atoms with Gasteiger partial charge in [-0.2, -0.15) is 0 Å². The third kappa shape index (κ3) is 3.80. The number of hydrogen-bond acceptors (Lipinski definition) is 3. The number of anilines is 1. The Kier molecular flexibility index (Phi) is 4.78. The standard InChI is InChI=1S/C18H14INO3/c19-14-5-1-13(2-6-14)18(22)20-15-7-3-12(4-8-15)17-10-9-16(11-21)23-17/h1-10,21H,11H2,(H,20,22). The van der Waals surface area contributed by atoms with Crippen molar-refractivity contribution in [1.82, 2.24) is 0 Å². The van der Waals surface area contributed by atoms with Gasteiger partial charge in [0.2, 0.25) is 0 Å². The summed E-state index contributed by atoms with van der Waals surface area (Å²) in [5, 5.41) is 11.9. The van der Waals surface area contributed by atoms with Crippen LogP contribution in [0.25, 0.3) is 11.3 Å². The fourth-order valence-electron chi connectivity index (χ4n) is 2.14. The fourth-order valence-corrected chi connectivity index (χ4v) is 2.50. The van der Waals surface area contributed by atoms with Gasteiger partial charge in [0.05, 0.1) is 0 Å². The van der Waals surface area contributed by atoms with E-state index >= 15 is 0 Å². The Morgan fingerprint density at radius 3 is 2.30 bits per heavy atom. The van der Waals surface area contributed by atoms with E-state index < -0.39 is 0 Å². The Hall–Kier alpha value is -2.12. The second kappa shape index (κ2) is 6.97. The minimum atomic E-state index is -0.144. The number of carbonyl (C=O) groups excluding carboxylic acids is 1. The highest BCUT2D eigenvalue weighted by Crippen LogP contribution is 2.24. The highest BCUT2D eigenvalue weighted by atomic mass is 127. The van der Waals surface area contributed by atoms with E-state index in [2.05, 4.69) is 27.9 Å². The molecule has 3 rings (SSSR count). The molecular weight excluding hydrogens is 405 g/mol. The normalized spacial score (nSPS) is 10.5. The van der Waals surface area contributed by atoms with E-state index in [1.54, 1.807) is 18.2 Å². The van der Waals surface area contributed by atoms with Crippen LogP contribution in [0.2, 0.25) is 0 Å². The van der Waals surface area contributed by atoms with E-state index in [0.717, 1.165) is 9.13 Å². The molecule has 0 fully saturated rings. The maximum absolute atomic E-state index is 12.2. The van der Waals surface area contributed by atoms with Crippen molar-refractivity contribution in [1.29, 1.82) is 0 Å². The second-order valence-electron chi connectivity index (χ2n) is 4.96. The molecule has 0 aliphatic rings. The van der Waals surface area contributed by atoms with Crippen molar-refractivity contribution in [3.8, 4) is 11.3 Å². The van der Waals surface area contributed by atoms with Crippen molar-refractivity contribution >= 4 is 34.2 Å². The van der Waals surface area contributed by atoms with E-state index in [-0.39, 0.29) is 12.5 Å². The van der Waals surface area contributed by atoms with Crippen LogP contribution >= 0.6 is 22.6 Å². The summed E-state index contributed by atoms with van der Waals surface area (Å²) in [4.78, 5) is 12.2. The third-order valence-electron chi connectivity index (χ3n) is 3.35. The van der Waals surface area contributed by atoms with Gasteiger partial charge in [0.25, 0.3) is 5.91 Å². The molecule has 0 radical (unpaired) electrons. The zero-order chi connectivity index (χ0) is 16.2. The Balaban J connectivity index is 1.72. The Morgan fingerprint density at radius 1 is 1.00 bits per heavy atom. The van der Waals surface area contributed by atoms with Crippen LogP contribution in [0.5, 0.6) is 0 Å². The molecule has 5 heteroatoms. The number of benzene rings is 2.